The number of anilines is 1. The lowest BCUT2D eigenvalue weighted by Gasteiger charge is -2.26. The molecule has 112 valence electrons. The Morgan fingerprint density at radius 3 is 2.86 bits per heavy atom. The summed E-state index contributed by atoms with van der Waals surface area (Å²) >= 11 is 0. The second-order valence-electron chi connectivity index (χ2n) is 5.66. The van der Waals surface area contributed by atoms with Crippen molar-refractivity contribution in [3.8, 4) is 11.5 Å². The maximum Gasteiger partial charge on any atom is 0.434 e. The van der Waals surface area contributed by atoms with Crippen molar-refractivity contribution in [2.75, 3.05) is 11.9 Å². The second-order valence-corrected chi connectivity index (χ2v) is 5.66. The number of hydrogen-bond donors (Lipinski definition) is 3. The zero-order valence-corrected chi connectivity index (χ0v) is 11.8. The van der Waals surface area contributed by atoms with Crippen LogP contribution in [0.3, 0.4) is 0 Å². The number of aromatic nitrogens is 2. The Morgan fingerprint density at radius 2 is 2.14 bits per heavy atom. The molecule has 1 aliphatic carbocycles. The fourth-order valence-corrected chi connectivity index (χ4v) is 2.77. The van der Waals surface area contributed by atoms with Crippen molar-refractivity contribution in [3.05, 3.63) is 34.8 Å². The lowest BCUT2D eigenvalue weighted by molar-refractivity contribution is 0.339. The van der Waals surface area contributed by atoms with Crippen molar-refractivity contribution >= 4 is 5.69 Å². The summed E-state index contributed by atoms with van der Waals surface area (Å²) in [7, 11) is 0. The summed E-state index contributed by atoms with van der Waals surface area (Å²) in [6.45, 7) is 0.945. The van der Waals surface area contributed by atoms with E-state index in [0.29, 0.717) is 17.9 Å². The molecule has 0 aliphatic heterocycles. The molecular weight excluding hydrogens is 268 g/mol. The molecule has 1 saturated carbocycles. The van der Waals surface area contributed by atoms with E-state index >= 15 is 0 Å². The largest absolute Gasteiger partial charge is 0.434 e. The minimum atomic E-state index is -0.540. The third kappa shape index (κ3) is 3.52. The maximum atomic E-state index is 11.0. The summed E-state index contributed by atoms with van der Waals surface area (Å²) in [5.41, 5.74) is 7.71. The topological polar surface area (TPSA) is 96.9 Å². The number of nitrogens with two attached hydrogens (primary N) is 1. The summed E-state index contributed by atoms with van der Waals surface area (Å²) in [5.74, 6) is 0.450. The van der Waals surface area contributed by atoms with E-state index in [-0.39, 0.29) is 0 Å². The van der Waals surface area contributed by atoms with Crippen molar-refractivity contribution in [2.45, 2.75) is 31.7 Å². The van der Waals surface area contributed by atoms with E-state index in [4.69, 9.17) is 10.2 Å². The van der Waals surface area contributed by atoms with E-state index in [1.807, 2.05) is 24.3 Å². The van der Waals surface area contributed by atoms with Crippen LogP contribution in [-0.2, 0) is 0 Å². The van der Waals surface area contributed by atoms with Crippen LogP contribution in [0.5, 0.6) is 0 Å². The van der Waals surface area contributed by atoms with Gasteiger partial charge in [0.25, 0.3) is 0 Å². The molecule has 0 spiro atoms. The Hall–Kier alpha value is -2.08. The molecule has 0 atom stereocenters. The predicted molar refractivity (Wildman–Crippen MR) is 81.0 cm³/mol. The van der Waals surface area contributed by atoms with Crippen LogP contribution < -0.4 is 16.8 Å². The van der Waals surface area contributed by atoms with Gasteiger partial charge in [0, 0.05) is 23.8 Å². The highest BCUT2D eigenvalue weighted by atomic mass is 16.4. The summed E-state index contributed by atoms with van der Waals surface area (Å²) in [5, 5.41) is 9.56. The van der Waals surface area contributed by atoms with Gasteiger partial charge in [-0.05, 0) is 49.8 Å². The minimum Gasteiger partial charge on any atom is -0.388 e. The normalized spacial score (nSPS) is 22.1. The Balaban J connectivity index is 1.62. The molecule has 6 heteroatoms. The van der Waals surface area contributed by atoms with E-state index in [1.165, 1.54) is 12.8 Å². The number of nitrogens with one attached hydrogen (secondary N) is 2. The van der Waals surface area contributed by atoms with Gasteiger partial charge in [0.2, 0.25) is 5.89 Å². The van der Waals surface area contributed by atoms with E-state index in [2.05, 4.69) is 15.5 Å². The third-order valence-corrected chi connectivity index (χ3v) is 4.03. The van der Waals surface area contributed by atoms with Crippen molar-refractivity contribution < 1.29 is 4.42 Å². The molecule has 3 rings (SSSR count). The monoisotopic (exact) mass is 288 g/mol. The van der Waals surface area contributed by atoms with Gasteiger partial charge in [-0.25, -0.2) is 9.89 Å². The van der Waals surface area contributed by atoms with Crippen LogP contribution in [0.1, 0.15) is 25.7 Å². The summed E-state index contributed by atoms with van der Waals surface area (Å²) in [6, 6.07) is 8.11. The van der Waals surface area contributed by atoms with Crippen molar-refractivity contribution in [3.63, 3.8) is 0 Å². The van der Waals surface area contributed by atoms with E-state index in [1.54, 1.807) is 0 Å². The highest BCUT2D eigenvalue weighted by Gasteiger charge is 2.18. The SMILES string of the molecule is N[C@H]1CC[C@H](CNc2cccc(-c3n[nH]c(=O)o3)c2)CC1. The standard InChI is InChI=1S/C15H20N4O2/c16-12-6-4-10(5-7-12)9-17-13-3-1-2-11(8-13)14-18-19-15(20)21-14/h1-3,8,10,12,17H,4-7,9,16H2,(H,19,20)/t10-,12-. The number of nitrogens with zero attached hydrogens (tertiary/aromatic N) is 1. The fraction of sp³-hybridized carbons (Fsp3) is 0.467. The molecule has 1 aromatic heterocycles. The Morgan fingerprint density at radius 1 is 1.33 bits per heavy atom. The zero-order valence-electron chi connectivity index (χ0n) is 11.8. The first-order valence-corrected chi connectivity index (χ1v) is 7.36. The first kappa shape index (κ1) is 13.9. The molecule has 1 aliphatic rings. The van der Waals surface area contributed by atoms with Gasteiger partial charge in [0.1, 0.15) is 0 Å². The molecule has 0 saturated heterocycles. The predicted octanol–water partition coefficient (Wildman–Crippen LogP) is 1.96. The molecule has 1 fully saturated rings. The maximum absolute atomic E-state index is 11.0. The molecule has 2 aromatic rings. The van der Waals surface area contributed by atoms with E-state index < -0.39 is 5.76 Å². The molecule has 0 radical (unpaired) electrons. The number of rotatable bonds is 4. The highest BCUT2D eigenvalue weighted by Crippen LogP contribution is 2.24. The quantitative estimate of drug-likeness (QED) is 0.799. The van der Waals surface area contributed by atoms with Gasteiger partial charge in [-0.2, -0.15) is 0 Å². The van der Waals surface area contributed by atoms with Crippen LogP contribution >= 0.6 is 0 Å². The summed E-state index contributed by atoms with van der Waals surface area (Å²) in [6.07, 6.45) is 4.60. The van der Waals surface area contributed by atoms with Gasteiger partial charge in [-0.1, -0.05) is 6.07 Å². The third-order valence-electron chi connectivity index (χ3n) is 4.03. The second kappa shape index (κ2) is 6.13. The number of aromatic amines is 1. The van der Waals surface area contributed by atoms with Crippen LogP contribution in [0.2, 0.25) is 0 Å². The van der Waals surface area contributed by atoms with Crippen LogP contribution in [0, 0.1) is 5.92 Å². The van der Waals surface area contributed by atoms with Gasteiger partial charge < -0.3 is 15.5 Å². The first-order chi connectivity index (χ1) is 10.2. The van der Waals surface area contributed by atoms with Gasteiger partial charge in [0.05, 0.1) is 0 Å². The molecule has 0 bridgehead atoms. The summed E-state index contributed by atoms with van der Waals surface area (Å²) in [4.78, 5) is 11.0. The van der Waals surface area contributed by atoms with Crippen LogP contribution in [0.25, 0.3) is 11.5 Å². The van der Waals surface area contributed by atoms with Gasteiger partial charge >= 0.3 is 5.76 Å². The number of hydrogen-bond acceptors (Lipinski definition) is 5. The number of benzene rings is 1. The average molecular weight is 288 g/mol. The fourth-order valence-electron chi connectivity index (χ4n) is 2.77. The highest BCUT2D eigenvalue weighted by molar-refractivity contribution is 5.60. The lowest BCUT2D eigenvalue weighted by atomic mass is 9.86. The molecular formula is C15H20N4O2. The van der Waals surface area contributed by atoms with E-state index in [9.17, 15) is 4.79 Å². The van der Waals surface area contributed by atoms with Crippen LogP contribution in [-0.4, -0.2) is 22.8 Å². The minimum absolute atomic E-state index is 0.312. The molecule has 1 heterocycles. The van der Waals surface area contributed by atoms with Crippen LogP contribution in [0.4, 0.5) is 5.69 Å². The Labute approximate surface area is 122 Å². The van der Waals surface area contributed by atoms with Crippen LogP contribution in [0.15, 0.2) is 33.5 Å². The first-order valence-electron chi connectivity index (χ1n) is 7.36. The smallest absolute Gasteiger partial charge is 0.388 e. The van der Waals surface area contributed by atoms with E-state index in [0.717, 1.165) is 30.6 Å². The average Bonchev–Trinajstić information content (AvgIpc) is 2.94. The van der Waals surface area contributed by atoms with Crippen molar-refractivity contribution in [1.29, 1.82) is 0 Å². The van der Waals surface area contributed by atoms with Crippen molar-refractivity contribution in [2.24, 2.45) is 11.7 Å². The molecule has 1 aromatic carbocycles. The zero-order chi connectivity index (χ0) is 14.7. The van der Waals surface area contributed by atoms with Gasteiger partial charge in [0.15, 0.2) is 0 Å². The Bertz CT molecular complexity index is 641. The van der Waals surface area contributed by atoms with Gasteiger partial charge in [-0.3, -0.25) is 0 Å². The van der Waals surface area contributed by atoms with Crippen molar-refractivity contribution in [1.82, 2.24) is 10.2 Å². The Kier molecular flexibility index (Phi) is 4.06. The molecule has 6 nitrogen and oxygen atoms in total. The molecule has 0 unspecified atom stereocenters. The molecule has 4 N–H and O–H groups in total. The molecule has 21 heavy (non-hydrogen) atoms. The number of H-pyrrole nitrogens is 1. The van der Waals surface area contributed by atoms with Gasteiger partial charge in [-0.15, -0.1) is 5.10 Å². The summed E-state index contributed by atoms with van der Waals surface area (Å²) < 4.78 is 4.97. The molecule has 0 amide bonds. The lowest BCUT2D eigenvalue weighted by Crippen LogP contribution is -2.29.